The molecule has 0 amide bonds. The Labute approximate surface area is 400 Å². The Morgan fingerprint density at radius 3 is 1.31 bits per heavy atom. The topological polar surface area (TPSA) is 9.72 Å². The molecule has 2 heterocycles. The molecular weight excluding hydrogens is 822 g/mol. The molecule has 10 aromatic rings. The maximum atomic E-state index is 2.57. The number of rotatable bonds is 8. The molecule has 0 saturated heterocycles. The van der Waals surface area contributed by atoms with E-state index >= 15 is 0 Å². The minimum atomic E-state index is -0.0604. The number of anilines is 9. The summed E-state index contributed by atoms with van der Waals surface area (Å²) in [4.78, 5) is 7.51. The Morgan fingerprint density at radius 1 is 0.294 bits per heavy atom. The second-order valence-corrected chi connectivity index (χ2v) is 18.6. The van der Waals surface area contributed by atoms with Crippen molar-refractivity contribution in [1.82, 2.24) is 0 Å². The molecule has 0 fully saturated rings. The molecule has 10 aromatic carbocycles. The molecule has 2 aliphatic rings. The van der Waals surface area contributed by atoms with Crippen molar-refractivity contribution in [2.75, 3.05) is 14.7 Å². The first kappa shape index (κ1) is 41.1. The van der Waals surface area contributed by atoms with Crippen molar-refractivity contribution < 1.29 is 0 Å². The summed E-state index contributed by atoms with van der Waals surface area (Å²) in [6.45, 7) is 8.80. The Kier molecular flexibility index (Phi) is 10.2. The van der Waals surface area contributed by atoms with Crippen molar-refractivity contribution in [2.24, 2.45) is 0 Å². The van der Waals surface area contributed by atoms with Gasteiger partial charge in [-0.05, 0) is 167 Å². The Morgan fingerprint density at radius 2 is 0.735 bits per heavy atom. The molecule has 2 aliphatic heterocycles. The van der Waals surface area contributed by atoms with E-state index < -0.39 is 0 Å². The molecule has 12 rings (SSSR count). The Balaban J connectivity index is 1.19. The highest BCUT2D eigenvalue weighted by molar-refractivity contribution is 7.00. The van der Waals surface area contributed by atoms with Crippen LogP contribution in [-0.2, 0) is 0 Å². The van der Waals surface area contributed by atoms with Crippen molar-refractivity contribution in [3.63, 3.8) is 0 Å². The standard InChI is InChI=1S/C64H50BN3/c1-43-32-44(2)35-51(34-43)52-40-62-64-63(41-52)68(57-36-45(3)33-46(4)37-57)61-42-56(66(53-23-13-7-14-24-53)54-25-15-8-16-26-54)29-31-59(61)65(64)58-30-28-50(48-20-11-6-12-21-48)39-60(58)67(62)55-27-17-22-49(38-55)47-18-9-5-10-19-47/h5-42H,1-4H3. The lowest BCUT2D eigenvalue weighted by molar-refractivity contribution is 1.23. The average Bonchev–Trinajstić information content (AvgIpc) is 3.36. The molecule has 0 saturated carbocycles. The van der Waals surface area contributed by atoms with Crippen LogP contribution in [0.15, 0.2) is 231 Å². The van der Waals surface area contributed by atoms with Crippen molar-refractivity contribution in [2.45, 2.75) is 27.7 Å². The van der Waals surface area contributed by atoms with Crippen LogP contribution in [0, 0.1) is 27.7 Å². The Bertz CT molecular complexity index is 3430. The molecule has 68 heavy (non-hydrogen) atoms. The predicted molar refractivity (Wildman–Crippen MR) is 290 cm³/mol. The van der Waals surface area contributed by atoms with Gasteiger partial charge in [0.05, 0.1) is 0 Å². The van der Waals surface area contributed by atoms with Gasteiger partial charge < -0.3 is 14.7 Å². The van der Waals surface area contributed by atoms with Gasteiger partial charge in [0.25, 0.3) is 6.71 Å². The third kappa shape index (κ3) is 7.26. The van der Waals surface area contributed by atoms with Gasteiger partial charge in [-0.3, -0.25) is 0 Å². The van der Waals surface area contributed by atoms with Gasteiger partial charge >= 0.3 is 0 Å². The summed E-state index contributed by atoms with van der Waals surface area (Å²) in [5.74, 6) is 0. The maximum Gasteiger partial charge on any atom is 0.252 e. The molecule has 3 nitrogen and oxygen atoms in total. The second-order valence-electron chi connectivity index (χ2n) is 18.6. The molecule has 0 unspecified atom stereocenters. The first-order valence-corrected chi connectivity index (χ1v) is 23.7. The molecule has 0 radical (unpaired) electrons. The zero-order valence-electron chi connectivity index (χ0n) is 38.9. The maximum absolute atomic E-state index is 2.57. The van der Waals surface area contributed by atoms with E-state index in [0.29, 0.717) is 0 Å². The highest BCUT2D eigenvalue weighted by Gasteiger charge is 2.44. The van der Waals surface area contributed by atoms with E-state index in [1.54, 1.807) is 0 Å². The normalized spacial score (nSPS) is 12.3. The minimum Gasteiger partial charge on any atom is -0.311 e. The molecule has 0 bridgehead atoms. The number of hydrogen-bond acceptors (Lipinski definition) is 3. The minimum absolute atomic E-state index is 0.0604. The summed E-state index contributed by atoms with van der Waals surface area (Å²) < 4.78 is 0. The van der Waals surface area contributed by atoms with Gasteiger partial charge in [-0.1, -0.05) is 163 Å². The third-order valence-electron chi connectivity index (χ3n) is 13.7. The monoisotopic (exact) mass is 871 g/mol. The number of para-hydroxylation sites is 2. The fourth-order valence-electron chi connectivity index (χ4n) is 10.9. The lowest BCUT2D eigenvalue weighted by Crippen LogP contribution is -2.61. The predicted octanol–water partition coefficient (Wildman–Crippen LogP) is 15.5. The largest absolute Gasteiger partial charge is 0.311 e. The third-order valence-corrected chi connectivity index (χ3v) is 13.7. The first-order chi connectivity index (χ1) is 33.3. The molecule has 0 N–H and O–H groups in total. The average molecular weight is 872 g/mol. The number of aryl methyl sites for hydroxylation is 4. The molecule has 324 valence electrons. The zero-order valence-corrected chi connectivity index (χ0v) is 38.9. The van der Waals surface area contributed by atoms with Crippen LogP contribution in [0.25, 0.3) is 33.4 Å². The van der Waals surface area contributed by atoms with Gasteiger partial charge in [-0.15, -0.1) is 0 Å². The van der Waals surface area contributed by atoms with Gasteiger partial charge in [0.2, 0.25) is 0 Å². The molecule has 0 aromatic heterocycles. The van der Waals surface area contributed by atoms with E-state index in [1.807, 2.05) is 0 Å². The first-order valence-electron chi connectivity index (χ1n) is 23.7. The molecule has 0 spiro atoms. The molecule has 4 heteroatoms. The van der Waals surface area contributed by atoms with Crippen LogP contribution >= 0.6 is 0 Å². The Hall–Kier alpha value is -8.34. The van der Waals surface area contributed by atoms with E-state index in [9.17, 15) is 0 Å². The van der Waals surface area contributed by atoms with Gasteiger partial charge in [0.15, 0.2) is 0 Å². The van der Waals surface area contributed by atoms with Crippen molar-refractivity contribution in [1.29, 1.82) is 0 Å². The fourth-order valence-corrected chi connectivity index (χ4v) is 10.9. The molecule has 0 aliphatic carbocycles. The lowest BCUT2D eigenvalue weighted by Gasteiger charge is -2.45. The van der Waals surface area contributed by atoms with Crippen LogP contribution in [-0.4, -0.2) is 6.71 Å². The van der Waals surface area contributed by atoms with Crippen molar-refractivity contribution in [3.05, 3.63) is 253 Å². The van der Waals surface area contributed by atoms with Gasteiger partial charge in [0.1, 0.15) is 0 Å². The number of hydrogen-bond donors (Lipinski definition) is 0. The van der Waals surface area contributed by atoms with Crippen LogP contribution in [0.3, 0.4) is 0 Å². The van der Waals surface area contributed by atoms with E-state index in [0.717, 1.165) is 28.4 Å². The SMILES string of the molecule is Cc1cc(C)cc(-c2cc3c4c(c2)N(c2cc(C)cc(C)c2)c2cc(N(c5ccccc5)c5ccccc5)ccc2B4c2ccc(-c4ccccc4)cc2N3c2cccc(-c3ccccc3)c2)c1. The zero-order chi connectivity index (χ0) is 45.9. The van der Waals surface area contributed by atoms with E-state index in [2.05, 4.69) is 273 Å². The highest BCUT2D eigenvalue weighted by atomic mass is 15.2. The number of nitrogens with zero attached hydrogens (tertiary/aromatic N) is 3. The summed E-state index contributed by atoms with van der Waals surface area (Å²) in [5.41, 5.74) is 26.2. The van der Waals surface area contributed by atoms with E-state index in [1.165, 1.54) is 94.8 Å². The van der Waals surface area contributed by atoms with Crippen LogP contribution in [0.5, 0.6) is 0 Å². The second kappa shape index (κ2) is 16.8. The highest BCUT2D eigenvalue weighted by Crippen LogP contribution is 2.49. The number of benzene rings is 10. The van der Waals surface area contributed by atoms with Crippen LogP contribution < -0.4 is 31.1 Å². The van der Waals surface area contributed by atoms with Crippen LogP contribution in [0.2, 0.25) is 0 Å². The van der Waals surface area contributed by atoms with Crippen LogP contribution in [0.4, 0.5) is 51.2 Å². The van der Waals surface area contributed by atoms with Gasteiger partial charge in [-0.2, -0.15) is 0 Å². The quantitative estimate of drug-likeness (QED) is 0.141. The smallest absolute Gasteiger partial charge is 0.252 e. The summed E-state index contributed by atoms with van der Waals surface area (Å²) >= 11 is 0. The summed E-state index contributed by atoms with van der Waals surface area (Å²) in [6, 6.07) is 85.4. The van der Waals surface area contributed by atoms with Gasteiger partial charge in [-0.25, -0.2) is 0 Å². The summed E-state index contributed by atoms with van der Waals surface area (Å²) in [6.07, 6.45) is 0. The van der Waals surface area contributed by atoms with Crippen molar-refractivity contribution >= 4 is 74.3 Å². The van der Waals surface area contributed by atoms with E-state index in [4.69, 9.17) is 0 Å². The van der Waals surface area contributed by atoms with E-state index in [-0.39, 0.29) is 6.71 Å². The fraction of sp³-hybridized carbons (Fsp3) is 0.0625. The lowest BCUT2D eigenvalue weighted by atomic mass is 9.33. The summed E-state index contributed by atoms with van der Waals surface area (Å²) in [7, 11) is 0. The molecule has 0 atom stereocenters. The van der Waals surface area contributed by atoms with Crippen LogP contribution in [0.1, 0.15) is 22.3 Å². The molecular formula is C64H50BN3. The summed E-state index contributed by atoms with van der Waals surface area (Å²) in [5, 5.41) is 0. The number of fused-ring (bicyclic) bond motifs is 4. The van der Waals surface area contributed by atoms with Gasteiger partial charge in [0, 0.05) is 51.2 Å². The van der Waals surface area contributed by atoms with Crippen molar-refractivity contribution in [3.8, 4) is 33.4 Å².